The van der Waals surface area contributed by atoms with Crippen molar-refractivity contribution in [1.29, 1.82) is 0 Å². The fourth-order valence-corrected chi connectivity index (χ4v) is 3.32. The highest BCUT2D eigenvalue weighted by Crippen LogP contribution is 2.27. The third-order valence-corrected chi connectivity index (χ3v) is 5.78. The minimum absolute atomic E-state index is 0.137. The van der Waals surface area contributed by atoms with Crippen molar-refractivity contribution in [3.63, 3.8) is 0 Å². The molecule has 0 unspecified atom stereocenters. The molecular formula is C15H22N2O3S. The van der Waals surface area contributed by atoms with Gasteiger partial charge in [-0.1, -0.05) is 6.07 Å². The fraction of sp³-hybridized carbons (Fsp3) is 0.533. The number of hydrogen-bond acceptors (Lipinski definition) is 3. The average Bonchev–Trinajstić information content (AvgIpc) is 3.28. The molecule has 0 bridgehead atoms. The van der Waals surface area contributed by atoms with Crippen molar-refractivity contribution in [3.8, 4) is 0 Å². The maximum atomic E-state index is 12.4. The summed E-state index contributed by atoms with van der Waals surface area (Å²) in [4.78, 5) is 12.2. The van der Waals surface area contributed by atoms with Crippen LogP contribution in [0.4, 0.5) is 0 Å². The maximum Gasteiger partial charge on any atom is 0.251 e. The lowest BCUT2D eigenvalue weighted by molar-refractivity contribution is 0.0951. The summed E-state index contributed by atoms with van der Waals surface area (Å²) >= 11 is 0. The molecule has 1 fully saturated rings. The molecule has 0 atom stereocenters. The molecule has 0 heterocycles. The summed E-state index contributed by atoms with van der Waals surface area (Å²) in [7, 11) is -2.02. The molecule has 1 saturated carbocycles. The van der Waals surface area contributed by atoms with Gasteiger partial charge in [0.25, 0.3) is 5.91 Å². The first-order valence-corrected chi connectivity index (χ1v) is 8.62. The lowest BCUT2D eigenvalue weighted by atomic mass is 10.2. The van der Waals surface area contributed by atoms with E-state index in [1.165, 1.54) is 16.4 Å². The van der Waals surface area contributed by atoms with Gasteiger partial charge < -0.3 is 5.32 Å². The molecule has 0 aliphatic heterocycles. The second-order valence-corrected chi connectivity index (χ2v) is 7.79. The van der Waals surface area contributed by atoms with Crippen LogP contribution in [0.15, 0.2) is 29.2 Å². The van der Waals surface area contributed by atoms with E-state index in [0.717, 1.165) is 12.8 Å². The average molecular weight is 310 g/mol. The van der Waals surface area contributed by atoms with E-state index >= 15 is 0 Å². The molecule has 1 aliphatic rings. The summed E-state index contributed by atoms with van der Waals surface area (Å²) in [5, 5.41) is 2.84. The van der Waals surface area contributed by atoms with Crippen molar-refractivity contribution in [2.75, 3.05) is 13.6 Å². The minimum Gasteiger partial charge on any atom is -0.352 e. The number of nitrogens with zero attached hydrogens (tertiary/aromatic N) is 1. The number of rotatable bonds is 6. The van der Waals surface area contributed by atoms with E-state index in [1.807, 2.05) is 13.8 Å². The van der Waals surface area contributed by atoms with Crippen LogP contribution in [0.2, 0.25) is 0 Å². The van der Waals surface area contributed by atoms with Crippen molar-refractivity contribution in [2.24, 2.45) is 5.92 Å². The smallest absolute Gasteiger partial charge is 0.251 e. The number of nitrogens with one attached hydrogen (secondary N) is 1. The highest BCUT2D eigenvalue weighted by molar-refractivity contribution is 7.89. The first kappa shape index (κ1) is 16.0. The number of hydrogen-bond donors (Lipinski definition) is 1. The molecule has 21 heavy (non-hydrogen) atoms. The van der Waals surface area contributed by atoms with E-state index in [2.05, 4.69) is 5.32 Å². The SMILES string of the molecule is CC(C)N(C)S(=O)(=O)c1cccc(C(=O)NCC2CC2)c1. The number of carbonyl (C=O) groups excluding carboxylic acids is 1. The van der Waals surface area contributed by atoms with Gasteiger partial charge in [-0.15, -0.1) is 0 Å². The Bertz CT molecular complexity index is 622. The Labute approximate surface area is 126 Å². The fourth-order valence-electron chi connectivity index (χ4n) is 1.90. The van der Waals surface area contributed by atoms with Gasteiger partial charge in [0.15, 0.2) is 0 Å². The largest absolute Gasteiger partial charge is 0.352 e. The van der Waals surface area contributed by atoms with Crippen molar-refractivity contribution in [1.82, 2.24) is 9.62 Å². The molecule has 1 N–H and O–H groups in total. The molecule has 2 rings (SSSR count). The molecule has 1 aromatic carbocycles. The van der Waals surface area contributed by atoms with Gasteiger partial charge in [-0.3, -0.25) is 4.79 Å². The molecule has 116 valence electrons. The summed E-state index contributed by atoms with van der Waals surface area (Å²) in [5.41, 5.74) is 0.383. The number of amides is 1. The molecule has 5 nitrogen and oxygen atoms in total. The quantitative estimate of drug-likeness (QED) is 0.872. The summed E-state index contributed by atoms with van der Waals surface area (Å²) in [6, 6.07) is 6.06. The summed E-state index contributed by atoms with van der Waals surface area (Å²) in [6.45, 7) is 4.29. The predicted molar refractivity (Wildman–Crippen MR) is 81.6 cm³/mol. The highest BCUT2D eigenvalue weighted by Gasteiger charge is 2.25. The Morgan fingerprint density at radius 2 is 2.05 bits per heavy atom. The van der Waals surface area contributed by atoms with E-state index in [9.17, 15) is 13.2 Å². The molecule has 1 aliphatic carbocycles. The van der Waals surface area contributed by atoms with E-state index in [4.69, 9.17) is 0 Å². The van der Waals surface area contributed by atoms with Crippen LogP contribution in [0.5, 0.6) is 0 Å². The molecule has 0 radical (unpaired) electrons. The van der Waals surface area contributed by atoms with Crippen LogP contribution in [0.25, 0.3) is 0 Å². The second-order valence-electron chi connectivity index (χ2n) is 5.80. The molecule has 1 aromatic rings. The van der Waals surface area contributed by atoms with Gasteiger partial charge in [0, 0.05) is 25.2 Å². The summed E-state index contributed by atoms with van der Waals surface area (Å²) in [6.07, 6.45) is 2.32. The van der Waals surface area contributed by atoms with Crippen molar-refractivity contribution in [3.05, 3.63) is 29.8 Å². The van der Waals surface area contributed by atoms with E-state index in [-0.39, 0.29) is 16.8 Å². The lowest BCUT2D eigenvalue weighted by Crippen LogP contribution is -2.33. The second kappa shape index (κ2) is 6.15. The Balaban J connectivity index is 2.18. The van der Waals surface area contributed by atoms with Crippen molar-refractivity contribution >= 4 is 15.9 Å². The zero-order valence-corrected chi connectivity index (χ0v) is 13.5. The predicted octanol–water partition coefficient (Wildman–Crippen LogP) is 1.86. The molecular weight excluding hydrogens is 288 g/mol. The van der Waals surface area contributed by atoms with E-state index in [0.29, 0.717) is 18.0 Å². The number of sulfonamides is 1. The van der Waals surface area contributed by atoms with Crippen LogP contribution < -0.4 is 5.32 Å². The van der Waals surface area contributed by atoms with Crippen LogP contribution in [0.3, 0.4) is 0 Å². The highest BCUT2D eigenvalue weighted by atomic mass is 32.2. The Morgan fingerprint density at radius 1 is 1.38 bits per heavy atom. The van der Waals surface area contributed by atoms with Gasteiger partial charge in [-0.05, 0) is 50.8 Å². The minimum atomic E-state index is -3.56. The van der Waals surface area contributed by atoms with E-state index < -0.39 is 10.0 Å². The zero-order chi connectivity index (χ0) is 15.6. The first-order chi connectivity index (χ1) is 9.82. The van der Waals surface area contributed by atoms with Gasteiger partial charge in [0.2, 0.25) is 10.0 Å². The lowest BCUT2D eigenvalue weighted by Gasteiger charge is -2.21. The van der Waals surface area contributed by atoms with Crippen molar-refractivity contribution < 1.29 is 13.2 Å². The zero-order valence-electron chi connectivity index (χ0n) is 12.7. The topological polar surface area (TPSA) is 66.5 Å². The Kier molecular flexibility index (Phi) is 4.68. The third kappa shape index (κ3) is 3.83. The third-order valence-electron chi connectivity index (χ3n) is 3.75. The molecule has 6 heteroatoms. The molecule has 0 aromatic heterocycles. The molecule has 0 saturated heterocycles. The Hall–Kier alpha value is -1.40. The standard InChI is InChI=1S/C15H22N2O3S/c1-11(2)17(3)21(19,20)14-6-4-5-13(9-14)15(18)16-10-12-7-8-12/h4-6,9,11-12H,7-8,10H2,1-3H3,(H,16,18). The van der Waals surface area contributed by atoms with Crippen LogP contribution in [-0.4, -0.2) is 38.3 Å². The molecule has 0 spiro atoms. The van der Waals surface area contributed by atoms with Crippen LogP contribution >= 0.6 is 0 Å². The van der Waals surface area contributed by atoms with Crippen LogP contribution in [0, 0.1) is 5.92 Å². The normalized spacial score (nSPS) is 15.5. The first-order valence-electron chi connectivity index (χ1n) is 7.18. The van der Waals surface area contributed by atoms with E-state index in [1.54, 1.807) is 19.2 Å². The molecule has 1 amide bonds. The van der Waals surface area contributed by atoms with Gasteiger partial charge >= 0.3 is 0 Å². The number of carbonyl (C=O) groups is 1. The van der Waals surface area contributed by atoms with Gasteiger partial charge in [-0.25, -0.2) is 8.42 Å². The monoisotopic (exact) mass is 310 g/mol. The summed E-state index contributed by atoms with van der Waals surface area (Å²) in [5.74, 6) is 0.374. The van der Waals surface area contributed by atoms with Gasteiger partial charge in [0.1, 0.15) is 0 Å². The van der Waals surface area contributed by atoms with Crippen LogP contribution in [-0.2, 0) is 10.0 Å². The van der Waals surface area contributed by atoms with Crippen LogP contribution in [0.1, 0.15) is 37.0 Å². The maximum absolute atomic E-state index is 12.4. The van der Waals surface area contributed by atoms with Gasteiger partial charge in [0.05, 0.1) is 4.90 Å². The van der Waals surface area contributed by atoms with Gasteiger partial charge in [-0.2, -0.15) is 4.31 Å². The number of benzene rings is 1. The Morgan fingerprint density at radius 3 is 2.62 bits per heavy atom. The summed E-state index contributed by atoms with van der Waals surface area (Å²) < 4.78 is 26.1. The van der Waals surface area contributed by atoms with Crippen molar-refractivity contribution in [2.45, 2.75) is 37.6 Å².